The second kappa shape index (κ2) is 6.56. The molecule has 2 aromatic rings. The Morgan fingerprint density at radius 1 is 1.09 bits per heavy atom. The van der Waals surface area contributed by atoms with Crippen molar-refractivity contribution in [1.82, 2.24) is 0 Å². The number of amides is 2. The number of rotatable bonds is 4. The normalized spacial score (nSPS) is 12.2. The Balaban J connectivity index is 2.55. The second-order valence-corrected chi connectivity index (χ2v) is 5.39. The van der Waals surface area contributed by atoms with Gasteiger partial charge in [0.15, 0.2) is 0 Å². The van der Waals surface area contributed by atoms with E-state index in [1.165, 1.54) is 6.07 Å². The molecule has 3 nitrogen and oxygen atoms in total. The highest BCUT2D eigenvalue weighted by Crippen LogP contribution is 2.35. The molecule has 3 N–H and O–H groups in total. The van der Waals surface area contributed by atoms with Crippen LogP contribution in [0.5, 0.6) is 0 Å². The molecule has 0 aliphatic carbocycles. The Morgan fingerprint density at radius 3 is 2.36 bits per heavy atom. The molecule has 2 rings (SSSR count). The highest BCUT2D eigenvalue weighted by molar-refractivity contribution is 5.93. The summed E-state index contributed by atoms with van der Waals surface area (Å²) >= 11 is 0. The number of anilines is 1. The molecule has 2 aromatic carbocycles. The van der Waals surface area contributed by atoms with E-state index in [2.05, 4.69) is 5.32 Å². The quantitative estimate of drug-likeness (QED) is 0.848. The summed E-state index contributed by atoms with van der Waals surface area (Å²) in [5.41, 5.74) is 6.20. The number of carbonyl (C=O) groups is 1. The van der Waals surface area contributed by atoms with E-state index in [4.69, 9.17) is 5.73 Å². The van der Waals surface area contributed by atoms with Crippen LogP contribution >= 0.6 is 0 Å². The molecule has 0 aliphatic heterocycles. The van der Waals surface area contributed by atoms with Crippen molar-refractivity contribution in [1.29, 1.82) is 0 Å². The molecule has 0 aromatic heterocycles. The molecule has 5 heteroatoms. The van der Waals surface area contributed by atoms with Gasteiger partial charge in [-0.3, -0.25) is 0 Å². The van der Waals surface area contributed by atoms with Crippen LogP contribution in [0.25, 0.3) is 11.1 Å². The lowest BCUT2D eigenvalue weighted by atomic mass is 9.95. The van der Waals surface area contributed by atoms with Gasteiger partial charge >= 0.3 is 6.03 Å². The first-order valence-electron chi connectivity index (χ1n) is 7.00. The molecule has 0 saturated heterocycles. The van der Waals surface area contributed by atoms with Crippen LogP contribution in [-0.4, -0.2) is 6.03 Å². The summed E-state index contributed by atoms with van der Waals surface area (Å²) in [4.78, 5) is 11.1. The SMILES string of the molecule is CC(C)C(F)c1cccc(-c2ccccc2NC(N)=O)c1F. The van der Waals surface area contributed by atoms with Crippen LogP contribution in [0.2, 0.25) is 0 Å². The van der Waals surface area contributed by atoms with E-state index >= 15 is 0 Å². The first kappa shape index (κ1) is 15.9. The zero-order chi connectivity index (χ0) is 16.3. The summed E-state index contributed by atoms with van der Waals surface area (Å²) in [6, 6.07) is 10.5. The maximum absolute atomic E-state index is 14.7. The topological polar surface area (TPSA) is 55.1 Å². The standard InChI is InChI=1S/C17H18F2N2O/c1-10(2)15(18)13-8-5-7-12(16(13)19)11-6-3-4-9-14(11)21-17(20)22/h3-10,15H,1-2H3,(H3,20,21,22). The number of halogens is 2. The average molecular weight is 304 g/mol. The van der Waals surface area contributed by atoms with Crippen LogP contribution < -0.4 is 11.1 Å². The molecule has 0 radical (unpaired) electrons. The summed E-state index contributed by atoms with van der Waals surface area (Å²) in [7, 11) is 0. The highest BCUT2D eigenvalue weighted by Gasteiger charge is 2.21. The van der Waals surface area contributed by atoms with Gasteiger partial charge in [-0.05, 0) is 12.0 Å². The number of urea groups is 1. The monoisotopic (exact) mass is 304 g/mol. The number of benzene rings is 2. The maximum atomic E-state index is 14.7. The molecule has 0 fully saturated rings. The number of primary amides is 1. The number of para-hydroxylation sites is 1. The van der Waals surface area contributed by atoms with Crippen molar-refractivity contribution in [3.63, 3.8) is 0 Å². The first-order valence-corrected chi connectivity index (χ1v) is 7.00. The fourth-order valence-electron chi connectivity index (χ4n) is 2.29. The van der Waals surface area contributed by atoms with Crippen molar-refractivity contribution in [2.24, 2.45) is 11.7 Å². The summed E-state index contributed by atoms with van der Waals surface area (Å²) in [6.07, 6.45) is -1.39. The molecule has 1 unspecified atom stereocenters. The third kappa shape index (κ3) is 3.24. The zero-order valence-electron chi connectivity index (χ0n) is 12.4. The van der Waals surface area contributed by atoms with Crippen LogP contribution in [0.3, 0.4) is 0 Å². The Morgan fingerprint density at radius 2 is 1.73 bits per heavy atom. The summed E-state index contributed by atoms with van der Waals surface area (Å²) in [5.74, 6) is -0.953. The first-order chi connectivity index (χ1) is 10.4. The number of nitrogens with one attached hydrogen (secondary N) is 1. The molecule has 1 atom stereocenters. The van der Waals surface area contributed by atoms with E-state index in [9.17, 15) is 13.6 Å². The van der Waals surface area contributed by atoms with E-state index in [-0.39, 0.29) is 17.0 Å². The number of alkyl halides is 1. The van der Waals surface area contributed by atoms with Gasteiger partial charge in [0.1, 0.15) is 12.0 Å². The van der Waals surface area contributed by atoms with Crippen molar-refractivity contribution in [2.75, 3.05) is 5.32 Å². The number of hydrogen-bond acceptors (Lipinski definition) is 1. The smallest absolute Gasteiger partial charge is 0.316 e. The highest BCUT2D eigenvalue weighted by atomic mass is 19.1. The van der Waals surface area contributed by atoms with Crippen molar-refractivity contribution >= 4 is 11.7 Å². The lowest BCUT2D eigenvalue weighted by molar-refractivity contribution is 0.254. The number of hydrogen-bond donors (Lipinski definition) is 2. The molecule has 2 amide bonds. The van der Waals surface area contributed by atoms with Gasteiger partial charge in [0.25, 0.3) is 0 Å². The molecule has 0 bridgehead atoms. The van der Waals surface area contributed by atoms with Crippen molar-refractivity contribution in [3.8, 4) is 11.1 Å². The fraction of sp³-hybridized carbons (Fsp3) is 0.235. The van der Waals surface area contributed by atoms with Crippen molar-refractivity contribution in [3.05, 3.63) is 53.8 Å². The van der Waals surface area contributed by atoms with Gasteiger partial charge in [-0.1, -0.05) is 50.2 Å². The predicted molar refractivity (Wildman–Crippen MR) is 83.7 cm³/mol. The van der Waals surface area contributed by atoms with Gasteiger partial charge in [-0.15, -0.1) is 0 Å². The molecule has 22 heavy (non-hydrogen) atoms. The van der Waals surface area contributed by atoms with Crippen LogP contribution in [0.1, 0.15) is 25.6 Å². The average Bonchev–Trinajstić information content (AvgIpc) is 2.47. The van der Waals surface area contributed by atoms with Crippen LogP contribution in [0.15, 0.2) is 42.5 Å². The number of nitrogens with two attached hydrogens (primary N) is 1. The van der Waals surface area contributed by atoms with E-state index in [1.807, 2.05) is 0 Å². The summed E-state index contributed by atoms with van der Waals surface area (Å²) < 4.78 is 28.9. The summed E-state index contributed by atoms with van der Waals surface area (Å²) in [5, 5.41) is 2.45. The minimum Gasteiger partial charge on any atom is -0.351 e. The molecule has 116 valence electrons. The van der Waals surface area contributed by atoms with Crippen LogP contribution in [-0.2, 0) is 0 Å². The third-order valence-corrected chi connectivity index (χ3v) is 3.39. The lowest BCUT2D eigenvalue weighted by Crippen LogP contribution is -2.19. The van der Waals surface area contributed by atoms with Gasteiger partial charge in [0.2, 0.25) is 0 Å². The Kier molecular flexibility index (Phi) is 4.75. The van der Waals surface area contributed by atoms with Crippen LogP contribution in [0.4, 0.5) is 19.3 Å². The molecular formula is C17H18F2N2O. The third-order valence-electron chi connectivity index (χ3n) is 3.39. The van der Waals surface area contributed by atoms with E-state index in [1.54, 1.807) is 50.2 Å². The summed E-state index contributed by atoms with van der Waals surface area (Å²) in [6.45, 7) is 3.39. The second-order valence-electron chi connectivity index (χ2n) is 5.39. The Hall–Kier alpha value is -2.43. The van der Waals surface area contributed by atoms with Crippen LogP contribution in [0, 0.1) is 11.7 Å². The van der Waals surface area contributed by atoms with Gasteiger partial charge < -0.3 is 11.1 Å². The van der Waals surface area contributed by atoms with Gasteiger partial charge in [0, 0.05) is 16.7 Å². The van der Waals surface area contributed by atoms with E-state index in [0.29, 0.717) is 11.3 Å². The number of carbonyl (C=O) groups excluding carboxylic acids is 1. The van der Waals surface area contributed by atoms with Crippen molar-refractivity contribution < 1.29 is 13.6 Å². The molecule has 0 spiro atoms. The molecule has 0 heterocycles. The minimum atomic E-state index is -1.39. The minimum absolute atomic E-state index is 0.0152. The molecule has 0 aliphatic rings. The van der Waals surface area contributed by atoms with Gasteiger partial charge in [0.05, 0.1) is 5.69 Å². The zero-order valence-corrected chi connectivity index (χ0v) is 12.4. The maximum Gasteiger partial charge on any atom is 0.316 e. The lowest BCUT2D eigenvalue weighted by Gasteiger charge is -2.16. The largest absolute Gasteiger partial charge is 0.351 e. The van der Waals surface area contributed by atoms with E-state index < -0.39 is 18.0 Å². The predicted octanol–water partition coefficient (Wildman–Crippen LogP) is 4.65. The Labute approximate surface area is 128 Å². The van der Waals surface area contributed by atoms with E-state index in [0.717, 1.165) is 0 Å². The van der Waals surface area contributed by atoms with Crippen molar-refractivity contribution in [2.45, 2.75) is 20.0 Å². The molecular weight excluding hydrogens is 286 g/mol. The Bertz CT molecular complexity index is 686. The van der Waals surface area contributed by atoms with Gasteiger partial charge in [-0.2, -0.15) is 0 Å². The molecule has 0 saturated carbocycles. The fourth-order valence-corrected chi connectivity index (χ4v) is 2.29. The van der Waals surface area contributed by atoms with Gasteiger partial charge in [-0.25, -0.2) is 13.6 Å².